The van der Waals surface area contributed by atoms with E-state index in [1.165, 1.54) is 10.5 Å². The van der Waals surface area contributed by atoms with Gasteiger partial charge in [0.1, 0.15) is 11.5 Å². The van der Waals surface area contributed by atoms with Crippen molar-refractivity contribution in [3.8, 4) is 11.5 Å². The monoisotopic (exact) mass is 393 g/mol. The van der Waals surface area contributed by atoms with E-state index in [4.69, 9.17) is 4.74 Å². The second-order valence-electron chi connectivity index (χ2n) is 8.10. The van der Waals surface area contributed by atoms with Crippen LogP contribution in [0.2, 0.25) is 0 Å². The molecule has 4 nitrogen and oxygen atoms in total. The molecule has 2 aromatic carbocycles. The number of benzene rings is 2. The van der Waals surface area contributed by atoms with E-state index in [0.717, 1.165) is 44.3 Å². The van der Waals surface area contributed by atoms with Crippen LogP contribution >= 0.6 is 0 Å². The van der Waals surface area contributed by atoms with Crippen LogP contribution < -0.4 is 4.74 Å². The Hall–Kier alpha value is -2.62. The number of hydrogen-bond donors (Lipinski definition) is 0. The molecule has 0 fully saturated rings. The van der Waals surface area contributed by atoms with Crippen molar-refractivity contribution in [2.75, 3.05) is 0 Å². The highest BCUT2D eigenvalue weighted by Gasteiger charge is 2.45. The maximum absolute atomic E-state index is 13.2. The molecule has 1 unspecified atom stereocenters. The normalized spacial score (nSPS) is 15.4. The Bertz CT molecular complexity index is 887. The smallest absolute Gasteiger partial charge is 0.262 e. The molecule has 0 saturated heterocycles. The summed E-state index contributed by atoms with van der Waals surface area (Å²) in [6, 6.07) is 13.1. The van der Waals surface area contributed by atoms with Crippen molar-refractivity contribution in [3.63, 3.8) is 0 Å². The number of nitrogens with zero attached hydrogens (tertiary/aromatic N) is 1. The van der Waals surface area contributed by atoms with Gasteiger partial charge in [-0.3, -0.25) is 14.5 Å². The van der Waals surface area contributed by atoms with Crippen LogP contribution in [0.1, 0.15) is 86.1 Å². The maximum atomic E-state index is 13.2. The van der Waals surface area contributed by atoms with Gasteiger partial charge in [-0.05, 0) is 62.1 Å². The molecule has 29 heavy (non-hydrogen) atoms. The van der Waals surface area contributed by atoms with Crippen molar-refractivity contribution in [3.05, 3.63) is 59.2 Å². The Morgan fingerprint density at radius 3 is 2.10 bits per heavy atom. The Morgan fingerprint density at radius 2 is 1.48 bits per heavy atom. The van der Waals surface area contributed by atoms with Gasteiger partial charge in [-0.25, -0.2) is 0 Å². The average Bonchev–Trinajstić information content (AvgIpc) is 2.97. The number of fused-ring (bicyclic) bond motifs is 1. The molecule has 1 aliphatic heterocycles. The van der Waals surface area contributed by atoms with Gasteiger partial charge in [-0.2, -0.15) is 0 Å². The molecule has 1 aliphatic rings. The van der Waals surface area contributed by atoms with Gasteiger partial charge in [0.2, 0.25) is 0 Å². The van der Waals surface area contributed by atoms with E-state index in [9.17, 15) is 9.59 Å². The fourth-order valence-corrected chi connectivity index (χ4v) is 4.15. The number of rotatable bonds is 9. The minimum Gasteiger partial charge on any atom is -0.457 e. The van der Waals surface area contributed by atoms with E-state index < -0.39 is 5.54 Å². The molecule has 0 radical (unpaired) electrons. The lowest BCUT2D eigenvalue weighted by molar-refractivity contribution is 0.0410. The molecular weight excluding hydrogens is 362 g/mol. The lowest BCUT2D eigenvalue weighted by atomic mass is 9.88. The topological polar surface area (TPSA) is 46.6 Å². The quantitative estimate of drug-likeness (QED) is 0.464. The molecule has 0 aromatic heterocycles. The Balaban J connectivity index is 1.87. The average molecular weight is 394 g/mol. The number of carbonyl (C=O) groups is 2. The van der Waals surface area contributed by atoms with Crippen LogP contribution in [0.3, 0.4) is 0 Å². The first-order chi connectivity index (χ1) is 13.9. The molecule has 0 bridgehead atoms. The van der Waals surface area contributed by atoms with Crippen molar-refractivity contribution in [1.29, 1.82) is 0 Å². The van der Waals surface area contributed by atoms with Crippen LogP contribution in [0.5, 0.6) is 11.5 Å². The zero-order valence-corrected chi connectivity index (χ0v) is 18.0. The van der Waals surface area contributed by atoms with Crippen molar-refractivity contribution in [2.45, 2.75) is 71.8 Å². The van der Waals surface area contributed by atoms with Crippen LogP contribution in [0.4, 0.5) is 0 Å². The third-order valence-electron chi connectivity index (χ3n) is 5.82. The third kappa shape index (κ3) is 4.21. The van der Waals surface area contributed by atoms with Gasteiger partial charge in [-0.15, -0.1) is 0 Å². The van der Waals surface area contributed by atoms with Gasteiger partial charge >= 0.3 is 0 Å². The molecule has 1 atom stereocenters. The van der Waals surface area contributed by atoms with E-state index >= 15 is 0 Å². The molecule has 0 saturated carbocycles. The van der Waals surface area contributed by atoms with E-state index in [0.29, 0.717) is 16.9 Å². The highest BCUT2D eigenvalue weighted by molar-refractivity contribution is 6.22. The second kappa shape index (κ2) is 8.81. The summed E-state index contributed by atoms with van der Waals surface area (Å²) in [5.41, 5.74) is 1.71. The summed E-state index contributed by atoms with van der Waals surface area (Å²) in [7, 11) is 0. The summed E-state index contributed by atoms with van der Waals surface area (Å²) in [5, 5.41) is 0. The second-order valence-corrected chi connectivity index (χ2v) is 8.10. The van der Waals surface area contributed by atoms with E-state index in [1.54, 1.807) is 18.2 Å². The number of amides is 2. The number of imide groups is 1. The van der Waals surface area contributed by atoms with Crippen molar-refractivity contribution in [2.24, 2.45) is 0 Å². The standard InChI is InChI=1S/C25H31NO3/c1-5-8-16-25(4,15-6-2)26-23(27)21-14-13-20(17-22(21)24(26)28)29-19-11-9-18(7-3)10-12-19/h9-14,17H,5-8,15-16H2,1-4H3. The maximum Gasteiger partial charge on any atom is 0.262 e. The summed E-state index contributed by atoms with van der Waals surface area (Å²) in [6.45, 7) is 8.38. The first-order valence-corrected chi connectivity index (χ1v) is 10.7. The van der Waals surface area contributed by atoms with Gasteiger partial charge < -0.3 is 4.74 Å². The van der Waals surface area contributed by atoms with Crippen molar-refractivity contribution < 1.29 is 14.3 Å². The highest BCUT2D eigenvalue weighted by Crippen LogP contribution is 2.37. The van der Waals surface area contributed by atoms with Crippen molar-refractivity contribution in [1.82, 2.24) is 4.90 Å². The number of carbonyl (C=O) groups excluding carboxylic acids is 2. The van der Waals surface area contributed by atoms with E-state index in [-0.39, 0.29) is 11.8 Å². The molecular formula is C25H31NO3. The third-order valence-corrected chi connectivity index (χ3v) is 5.82. The molecule has 4 heteroatoms. The summed E-state index contributed by atoms with van der Waals surface area (Å²) >= 11 is 0. The van der Waals surface area contributed by atoms with Crippen molar-refractivity contribution >= 4 is 11.8 Å². The molecule has 154 valence electrons. The van der Waals surface area contributed by atoms with Gasteiger partial charge in [0.25, 0.3) is 11.8 Å². The summed E-state index contributed by atoms with van der Waals surface area (Å²) in [6.07, 6.45) is 5.57. The molecule has 0 aliphatic carbocycles. The van der Waals surface area contributed by atoms with Crippen LogP contribution in [0.25, 0.3) is 0 Å². The summed E-state index contributed by atoms with van der Waals surface area (Å²) in [5.74, 6) is 0.899. The fourth-order valence-electron chi connectivity index (χ4n) is 4.15. The summed E-state index contributed by atoms with van der Waals surface area (Å²) < 4.78 is 5.94. The lowest BCUT2D eigenvalue weighted by Crippen LogP contribution is -2.49. The van der Waals surface area contributed by atoms with Gasteiger partial charge in [0.05, 0.1) is 11.1 Å². The number of unbranched alkanes of at least 4 members (excludes halogenated alkanes) is 1. The van der Waals surface area contributed by atoms with Gasteiger partial charge in [0.15, 0.2) is 0 Å². The van der Waals surface area contributed by atoms with Crippen LogP contribution in [-0.4, -0.2) is 22.3 Å². The highest BCUT2D eigenvalue weighted by atomic mass is 16.5. The Kier molecular flexibility index (Phi) is 6.41. The molecule has 2 aromatic rings. The Morgan fingerprint density at radius 1 is 0.828 bits per heavy atom. The summed E-state index contributed by atoms with van der Waals surface area (Å²) in [4.78, 5) is 27.8. The predicted molar refractivity (Wildman–Crippen MR) is 116 cm³/mol. The molecule has 0 spiro atoms. The lowest BCUT2D eigenvalue weighted by Gasteiger charge is -2.37. The van der Waals surface area contributed by atoms with E-state index in [2.05, 4.69) is 20.8 Å². The zero-order chi connectivity index (χ0) is 21.0. The molecule has 0 N–H and O–H groups in total. The first-order valence-electron chi connectivity index (χ1n) is 10.7. The van der Waals surface area contributed by atoms with Crippen LogP contribution in [-0.2, 0) is 6.42 Å². The number of ether oxygens (including phenoxy) is 1. The van der Waals surface area contributed by atoms with Crippen LogP contribution in [0.15, 0.2) is 42.5 Å². The minimum atomic E-state index is -0.449. The Labute approximate surface area is 173 Å². The predicted octanol–water partition coefficient (Wildman–Crippen LogP) is 6.39. The minimum absolute atomic E-state index is 0.184. The van der Waals surface area contributed by atoms with Gasteiger partial charge in [0, 0.05) is 5.54 Å². The SMILES string of the molecule is CCCCC(C)(CCC)N1C(=O)c2ccc(Oc3ccc(CC)cc3)cc2C1=O. The van der Waals surface area contributed by atoms with Gasteiger partial charge in [-0.1, -0.05) is 52.2 Å². The van der Waals surface area contributed by atoms with E-state index in [1.807, 2.05) is 31.2 Å². The molecule has 3 rings (SSSR count). The van der Waals surface area contributed by atoms with Crippen LogP contribution in [0, 0.1) is 0 Å². The number of hydrogen-bond acceptors (Lipinski definition) is 3. The largest absolute Gasteiger partial charge is 0.457 e. The zero-order valence-electron chi connectivity index (χ0n) is 18.0. The molecule has 2 amide bonds. The molecule has 1 heterocycles. The fraction of sp³-hybridized carbons (Fsp3) is 0.440. The number of aryl methyl sites for hydroxylation is 1. The first kappa shape index (κ1) is 21.1.